The highest BCUT2D eigenvalue weighted by Crippen LogP contribution is 2.22. The molecule has 0 aliphatic rings. The number of thiocarbonyl (C=S) groups is 1. The highest BCUT2D eigenvalue weighted by Gasteiger charge is 2.05. The van der Waals surface area contributed by atoms with Crippen LogP contribution in [0.1, 0.15) is 11.5 Å². The Balaban J connectivity index is 1.73. The van der Waals surface area contributed by atoms with Gasteiger partial charge >= 0.3 is 0 Å². The van der Waals surface area contributed by atoms with E-state index in [2.05, 4.69) is 15.6 Å². The van der Waals surface area contributed by atoms with Crippen LogP contribution < -0.4 is 10.6 Å². The van der Waals surface area contributed by atoms with Crippen molar-refractivity contribution in [2.24, 2.45) is 0 Å². The lowest BCUT2D eigenvalue weighted by molar-refractivity contribution is 0.561. The van der Waals surface area contributed by atoms with E-state index < -0.39 is 0 Å². The molecule has 22 heavy (non-hydrogen) atoms. The monoisotopic (exact) mass is 331 g/mol. The van der Waals surface area contributed by atoms with E-state index in [1.807, 2.05) is 50.2 Å². The SMILES string of the molecule is Cc1nc2cc(NC(=S)Nc3ccc(C)c(Cl)c3)ccc2o1. The molecule has 0 unspecified atom stereocenters. The van der Waals surface area contributed by atoms with Crippen molar-refractivity contribution < 1.29 is 4.42 Å². The van der Waals surface area contributed by atoms with Crippen LogP contribution in [0.4, 0.5) is 11.4 Å². The molecule has 0 radical (unpaired) electrons. The molecule has 1 aromatic heterocycles. The molecular formula is C16H14ClN3OS. The van der Waals surface area contributed by atoms with Crippen molar-refractivity contribution in [3.05, 3.63) is 52.9 Å². The number of hydrogen-bond donors (Lipinski definition) is 2. The fourth-order valence-corrected chi connectivity index (χ4v) is 2.50. The highest BCUT2D eigenvalue weighted by atomic mass is 35.5. The average molecular weight is 332 g/mol. The summed E-state index contributed by atoms with van der Waals surface area (Å²) in [7, 11) is 0. The molecule has 0 atom stereocenters. The van der Waals surface area contributed by atoms with Crippen molar-refractivity contribution in [2.75, 3.05) is 10.6 Å². The van der Waals surface area contributed by atoms with Crippen molar-refractivity contribution in [2.45, 2.75) is 13.8 Å². The van der Waals surface area contributed by atoms with Crippen LogP contribution >= 0.6 is 23.8 Å². The molecule has 0 bridgehead atoms. The Kier molecular flexibility index (Phi) is 4.00. The van der Waals surface area contributed by atoms with Gasteiger partial charge in [-0.25, -0.2) is 4.98 Å². The van der Waals surface area contributed by atoms with Crippen LogP contribution in [0.25, 0.3) is 11.1 Å². The predicted octanol–water partition coefficient (Wildman–Crippen LogP) is 4.91. The van der Waals surface area contributed by atoms with Crippen molar-refractivity contribution >= 4 is 51.4 Å². The van der Waals surface area contributed by atoms with E-state index >= 15 is 0 Å². The van der Waals surface area contributed by atoms with Crippen molar-refractivity contribution in [3.63, 3.8) is 0 Å². The Bertz CT molecular complexity index is 860. The molecule has 3 aromatic rings. The van der Waals surface area contributed by atoms with Gasteiger partial charge in [-0.15, -0.1) is 0 Å². The lowest BCUT2D eigenvalue weighted by Crippen LogP contribution is -2.19. The van der Waals surface area contributed by atoms with Crippen molar-refractivity contribution in [1.29, 1.82) is 0 Å². The summed E-state index contributed by atoms with van der Waals surface area (Å²) < 4.78 is 5.45. The maximum absolute atomic E-state index is 6.10. The van der Waals surface area contributed by atoms with Crippen LogP contribution in [0, 0.1) is 13.8 Å². The second-order valence-corrected chi connectivity index (χ2v) is 5.77. The van der Waals surface area contributed by atoms with Gasteiger partial charge in [0, 0.05) is 23.3 Å². The first-order valence-electron chi connectivity index (χ1n) is 6.72. The molecule has 0 aliphatic heterocycles. The molecule has 0 fully saturated rings. The molecule has 0 amide bonds. The summed E-state index contributed by atoms with van der Waals surface area (Å²) in [6, 6.07) is 11.4. The fraction of sp³-hybridized carbons (Fsp3) is 0.125. The van der Waals surface area contributed by atoms with Crippen LogP contribution in [0.2, 0.25) is 5.02 Å². The summed E-state index contributed by atoms with van der Waals surface area (Å²) in [6.07, 6.45) is 0. The van der Waals surface area contributed by atoms with Crippen molar-refractivity contribution in [1.82, 2.24) is 4.98 Å². The van der Waals surface area contributed by atoms with Gasteiger partial charge in [-0.3, -0.25) is 0 Å². The van der Waals surface area contributed by atoms with Gasteiger partial charge in [-0.1, -0.05) is 17.7 Å². The predicted molar refractivity (Wildman–Crippen MR) is 94.8 cm³/mol. The second kappa shape index (κ2) is 5.94. The third-order valence-electron chi connectivity index (χ3n) is 3.18. The molecule has 0 saturated carbocycles. The second-order valence-electron chi connectivity index (χ2n) is 4.96. The van der Waals surface area contributed by atoms with E-state index in [9.17, 15) is 0 Å². The third kappa shape index (κ3) is 3.21. The quantitative estimate of drug-likeness (QED) is 0.654. The first kappa shape index (κ1) is 14.8. The fourth-order valence-electron chi connectivity index (χ4n) is 2.08. The van der Waals surface area contributed by atoms with E-state index in [-0.39, 0.29) is 0 Å². The Morgan fingerprint density at radius 2 is 1.77 bits per heavy atom. The van der Waals surface area contributed by atoms with E-state index in [1.165, 1.54) is 0 Å². The number of nitrogens with one attached hydrogen (secondary N) is 2. The number of hydrogen-bond acceptors (Lipinski definition) is 3. The first-order valence-corrected chi connectivity index (χ1v) is 7.51. The molecule has 3 rings (SSSR count). The summed E-state index contributed by atoms with van der Waals surface area (Å²) >= 11 is 11.4. The Morgan fingerprint density at radius 1 is 1.09 bits per heavy atom. The van der Waals surface area contributed by atoms with Crippen molar-refractivity contribution in [3.8, 4) is 0 Å². The minimum Gasteiger partial charge on any atom is -0.441 e. The first-order chi connectivity index (χ1) is 10.5. The average Bonchev–Trinajstić information content (AvgIpc) is 2.82. The van der Waals surface area contributed by atoms with Gasteiger partial charge in [0.2, 0.25) is 0 Å². The number of aromatic nitrogens is 1. The summed E-state index contributed by atoms with van der Waals surface area (Å²) in [4.78, 5) is 4.30. The zero-order chi connectivity index (χ0) is 15.7. The highest BCUT2D eigenvalue weighted by molar-refractivity contribution is 7.80. The molecule has 0 aliphatic carbocycles. The van der Waals surface area contributed by atoms with Crippen LogP contribution in [0.15, 0.2) is 40.8 Å². The number of anilines is 2. The van der Waals surface area contributed by atoms with E-state index in [0.717, 1.165) is 28.0 Å². The van der Waals surface area contributed by atoms with E-state index in [1.54, 1.807) is 0 Å². The maximum Gasteiger partial charge on any atom is 0.192 e. The minimum atomic E-state index is 0.486. The Morgan fingerprint density at radius 3 is 2.50 bits per heavy atom. The number of oxazole rings is 1. The summed E-state index contributed by atoms with van der Waals surface area (Å²) in [6.45, 7) is 3.78. The largest absolute Gasteiger partial charge is 0.441 e. The summed E-state index contributed by atoms with van der Waals surface area (Å²) in [5.41, 5.74) is 4.26. The molecule has 112 valence electrons. The lowest BCUT2D eigenvalue weighted by Gasteiger charge is -2.11. The minimum absolute atomic E-state index is 0.486. The zero-order valence-electron chi connectivity index (χ0n) is 12.1. The number of rotatable bonds is 2. The lowest BCUT2D eigenvalue weighted by atomic mass is 10.2. The van der Waals surface area contributed by atoms with Gasteiger partial charge < -0.3 is 15.1 Å². The third-order valence-corrected chi connectivity index (χ3v) is 3.79. The van der Waals surface area contributed by atoms with Gasteiger partial charge in [0.25, 0.3) is 0 Å². The number of fused-ring (bicyclic) bond motifs is 1. The topological polar surface area (TPSA) is 50.1 Å². The van der Waals surface area contributed by atoms with Gasteiger partial charge in [-0.2, -0.15) is 0 Å². The number of benzene rings is 2. The number of aryl methyl sites for hydroxylation is 2. The normalized spacial score (nSPS) is 10.7. The molecule has 6 heteroatoms. The van der Waals surface area contributed by atoms with Gasteiger partial charge in [-0.05, 0) is 55.0 Å². The Labute approximate surface area is 138 Å². The molecule has 2 N–H and O–H groups in total. The van der Waals surface area contributed by atoms with Crippen LogP contribution in [0.3, 0.4) is 0 Å². The molecule has 0 spiro atoms. The van der Waals surface area contributed by atoms with Crippen LogP contribution in [-0.4, -0.2) is 10.1 Å². The zero-order valence-corrected chi connectivity index (χ0v) is 13.7. The van der Waals surface area contributed by atoms with Gasteiger partial charge in [0.15, 0.2) is 16.6 Å². The summed E-state index contributed by atoms with van der Waals surface area (Å²) in [5.74, 6) is 0.641. The van der Waals surface area contributed by atoms with Crippen LogP contribution in [-0.2, 0) is 0 Å². The van der Waals surface area contributed by atoms with E-state index in [0.29, 0.717) is 16.0 Å². The van der Waals surface area contributed by atoms with Crippen LogP contribution in [0.5, 0.6) is 0 Å². The Hall–Kier alpha value is -2.11. The molecular weight excluding hydrogens is 318 g/mol. The van der Waals surface area contributed by atoms with E-state index in [4.69, 9.17) is 28.2 Å². The molecule has 0 saturated heterocycles. The van der Waals surface area contributed by atoms with Gasteiger partial charge in [0.05, 0.1) is 0 Å². The molecule has 1 heterocycles. The smallest absolute Gasteiger partial charge is 0.192 e. The number of nitrogens with zero attached hydrogens (tertiary/aromatic N) is 1. The standard InChI is InChI=1S/C16H14ClN3OS/c1-9-3-4-11(7-13(9)17)19-16(22)20-12-5-6-15-14(8-12)18-10(2)21-15/h3-8H,1-2H3,(H2,19,20,22). The summed E-state index contributed by atoms with van der Waals surface area (Å²) in [5, 5.41) is 7.41. The number of halogens is 1. The molecule has 2 aromatic carbocycles. The molecule has 4 nitrogen and oxygen atoms in total. The van der Waals surface area contributed by atoms with Gasteiger partial charge in [0.1, 0.15) is 5.52 Å². The maximum atomic E-state index is 6.10.